The van der Waals surface area contributed by atoms with Crippen molar-refractivity contribution in [2.24, 2.45) is 0 Å². The van der Waals surface area contributed by atoms with Crippen LogP contribution in [0.2, 0.25) is 0 Å². The van der Waals surface area contributed by atoms with Gasteiger partial charge in [0.25, 0.3) is 5.91 Å². The summed E-state index contributed by atoms with van der Waals surface area (Å²) in [6, 6.07) is 18.1. The Bertz CT molecular complexity index is 1990. The van der Waals surface area contributed by atoms with Crippen molar-refractivity contribution in [1.29, 1.82) is 0 Å². The number of para-hydroxylation sites is 1. The standard InChI is InChI=1S/C35H32FN5O4S2.ClH/c1-40(2)17-6-8-22-14-15-28(26(36)20-22)45-19-7-13-30-31(33(43)44)38-35(47-30)41-18-16-23-9-5-10-24(25(23)21-41)32(42)39-34-37-27-11-3-4-12-29(27)46-34;/h3-5,9-12,14-15,20H,7,13,16-19,21H2,1-2H3,(H,43,44)(H,37,39,42);1H. The van der Waals surface area contributed by atoms with E-state index in [-0.39, 0.29) is 36.4 Å². The maximum absolute atomic E-state index is 14.6. The van der Waals surface area contributed by atoms with Crippen LogP contribution < -0.4 is 15.0 Å². The van der Waals surface area contributed by atoms with Gasteiger partial charge in [0.1, 0.15) is 0 Å². The number of anilines is 2. The highest BCUT2D eigenvalue weighted by Gasteiger charge is 2.26. The summed E-state index contributed by atoms with van der Waals surface area (Å²) >= 11 is 2.75. The van der Waals surface area contributed by atoms with E-state index in [1.165, 1.54) is 28.7 Å². The number of benzene rings is 3. The Morgan fingerprint density at radius 2 is 1.94 bits per heavy atom. The molecule has 48 heavy (non-hydrogen) atoms. The van der Waals surface area contributed by atoms with E-state index in [0.29, 0.717) is 65.2 Å². The Hall–Kier alpha value is -4.54. The van der Waals surface area contributed by atoms with Crippen molar-refractivity contribution >= 4 is 67.4 Å². The number of ether oxygens (including phenoxy) is 1. The third-order valence-electron chi connectivity index (χ3n) is 7.56. The molecule has 0 bridgehead atoms. The third-order valence-corrected chi connectivity index (χ3v) is 9.68. The Kier molecular flexibility index (Phi) is 11.3. The number of carboxylic acids is 1. The van der Waals surface area contributed by atoms with E-state index in [2.05, 4.69) is 27.1 Å². The quantitative estimate of drug-likeness (QED) is 0.121. The minimum atomic E-state index is -1.10. The Balaban J connectivity index is 0.00000451. The van der Waals surface area contributed by atoms with E-state index >= 15 is 0 Å². The van der Waals surface area contributed by atoms with Crippen LogP contribution in [0.3, 0.4) is 0 Å². The molecule has 0 saturated heterocycles. The van der Waals surface area contributed by atoms with Crippen LogP contribution in [0.15, 0.2) is 60.7 Å². The van der Waals surface area contributed by atoms with Gasteiger partial charge < -0.3 is 14.7 Å². The van der Waals surface area contributed by atoms with Crippen molar-refractivity contribution in [3.8, 4) is 17.6 Å². The number of carbonyl (C=O) groups is 2. The number of carboxylic acid groups (broad SMARTS) is 1. The minimum Gasteiger partial charge on any atom is -0.491 e. The van der Waals surface area contributed by atoms with Crippen molar-refractivity contribution in [3.05, 3.63) is 99.3 Å². The van der Waals surface area contributed by atoms with Gasteiger partial charge in [0.05, 0.1) is 23.4 Å². The Morgan fingerprint density at radius 1 is 1.10 bits per heavy atom. The molecule has 0 fully saturated rings. The molecule has 1 amide bonds. The Morgan fingerprint density at radius 3 is 2.71 bits per heavy atom. The number of halogens is 2. The zero-order chi connectivity index (χ0) is 32.9. The summed E-state index contributed by atoms with van der Waals surface area (Å²) in [5, 5.41) is 14.0. The molecule has 2 N–H and O–H groups in total. The van der Waals surface area contributed by atoms with Crippen LogP contribution in [-0.2, 0) is 19.4 Å². The highest BCUT2D eigenvalue weighted by Crippen LogP contribution is 2.33. The number of aromatic nitrogens is 2. The van der Waals surface area contributed by atoms with Gasteiger partial charge in [-0.05, 0) is 80.9 Å². The molecule has 0 saturated carbocycles. The van der Waals surface area contributed by atoms with Gasteiger partial charge in [-0.15, -0.1) is 23.7 Å². The monoisotopic (exact) mass is 705 g/mol. The number of aryl methyl sites for hydroxylation is 1. The SMILES string of the molecule is CN(C)CC#Cc1ccc(OCCCc2sc(N3CCc4cccc(C(=O)Nc5nc6ccccc6s5)c4C3)nc2C(=O)O)c(F)c1.Cl. The molecular formula is C35H33ClFN5O4S2. The normalized spacial score (nSPS) is 12.2. The summed E-state index contributed by atoms with van der Waals surface area (Å²) in [5.74, 6) is 4.20. The largest absolute Gasteiger partial charge is 0.491 e. The predicted molar refractivity (Wildman–Crippen MR) is 191 cm³/mol. The highest BCUT2D eigenvalue weighted by molar-refractivity contribution is 7.22. The number of hydrogen-bond donors (Lipinski definition) is 2. The zero-order valence-corrected chi connectivity index (χ0v) is 28.7. The number of amides is 1. The summed E-state index contributed by atoms with van der Waals surface area (Å²) in [7, 11) is 3.83. The van der Waals surface area contributed by atoms with Crippen molar-refractivity contribution in [2.45, 2.75) is 25.8 Å². The summed E-state index contributed by atoms with van der Waals surface area (Å²) < 4.78 is 21.2. The number of rotatable bonds is 10. The molecule has 2 aromatic heterocycles. The molecule has 248 valence electrons. The van der Waals surface area contributed by atoms with E-state index in [9.17, 15) is 19.1 Å². The molecule has 9 nitrogen and oxygen atoms in total. The summed E-state index contributed by atoms with van der Waals surface area (Å²) in [6.07, 6.45) is 1.58. The second-order valence-electron chi connectivity index (χ2n) is 11.3. The molecule has 0 radical (unpaired) electrons. The molecule has 0 aliphatic carbocycles. The fourth-order valence-electron chi connectivity index (χ4n) is 5.27. The highest BCUT2D eigenvalue weighted by atomic mass is 35.5. The van der Waals surface area contributed by atoms with Crippen LogP contribution in [-0.4, -0.2) is 65.6 Å². The molecule has 5 aromatic rings. The molecule has 1 aliphatic heterocycles. The van der Waals surface area contributed by atoms with Crippen molar-refractivity contribution in [1.82, 2.24) is 14.9 Å². The van der Waals surface area contributed by atoms with Crippen molar-refractivity contribution in [3.63, 3.8) is 0 Å². The van der Waals surface area contributed by atoms with Crippen molar-refractivity contribution < 1.29 is 23.8 Å². The number of thiazole rings is 2. The average molecular weight is 706 g/mol. The fraction of sp³-hybridized carbons (Fsp3) is 0.257. The summed E-state index contributed by atoms with van der Waals surface area (Å²) in [5.41, 5.74) is 3.92. The number of nitrogens with zero attached hydrogens (tertiary/aromatic N) is 4. The molecule has 13 heteroatoms. The maximum atomic E-state index is 14.6. The number of aromatic carboxylic acids is 1. The molecule has 3 heterocycles. The van der Waals surface area contributed by atoms with E-state index in [4.69, 9.17) is 4.74 Å². The van der Waals surface area contributed by atoms with Gasteiger partial charge in [-0.2, -0.15) is 0 Å². The van der Waals surface area contributed by atoms with Crippen LogP contribution in [0.5, 0.6) is 5.75 Å². The van der Waals surface area contributed by atoms with E-state index in [1.54, 1.807) is 18.2 Å². The topological polar surface area (TPSA) is 108 Å². The van der Waals surface area contributed by atoms with E-state index in [0.717, 1.165) is 21.3 Å². The van der Waals surface area contributed by atoms with Crippen LogP contribution in [0, 0.1) is 17.7 Å². The summed E-state index contributed by atoms with van der Waals surface area (Å²) in [4.78, 5) is 39.1. The first kappa shape index (κ1) is 34.8. The minimum absolute atomic E-state index is 0. The van der Waals surface area contributed by atoms with Gasteiger partial charge in [0.2, 0.25) is 0 Å². The molecule has 0 atom stereocenters. The molecule has 1 aliphatic rings. The first-order chi connectivity index (χ1) is 22.7. The van der Waals surface area contributed by atoms with E-state index in [1.807, 2.05) is 60.3 Å². The fourth-order valence-corrected chi connectivity index (χ4v) is 7.25. The van der Waals surface area contributed by atoms with Gasteiger partial charge in [0.15, 0.2) is 27.5 Å². The number of carbonyl (C=O) groups excluding carboxylic acids is 1. The first-order valence-electron chi connectivity index (χ1n) is 15.1. The number of hydrogen-bond acceptors (Lipinski definition) is 9. The number of nitrogens with one attached hydrogen (secondary N) is 1. The maximum Gasteiger partial charge on any atom is 0.355 e. The van der Waals surface area contributed by atoms with Crippen LogP contribution in [0.1, 0.15) is 48.8 Å². The van der Waals surface area contributed by atoms with Gasteiger partial charge in [-0.25, -0.2) is 19.2 Å². The van der Waals surface area contributed by atoms with E-state index < -0.39 is 11.8 Å². The second-order valence-corrected chi connectivity index (χ2v) is 13.4. The van der Waals surface area contributed by atoms with Gasteiger partial charge in [-0.1, -0.05) is 47.4 Å². The van der Waals surface area contributed by atoms with Crippen LogP contribution in [0.4, 0.5) is 14.7 Å². The van der Waals surface area contributed by atoms with Crippen molar-refractivity contribution in [2.75, 3.05) is 44.0 Å². The third kappa shape index (κ3) is 8.11. The molecule has 0 unspecified atom stereocenters. The lowest BCUT2D eigenvalue weighted by atomic mass is 9.94. The lowest BCUT2D eigenvalue weighted by Gasteiger charge is -2.29. The smallest absolute Gasteiger partial charge is 0.355 e. The average Bonchev–Trinajstić information content (AvgIpc) is 3.67. The van der Waals surface area contributed by atoms with Crippen LogP contribution in [0.25, 0.3) is 10.2 Å². The molecular weight excluding hydrogens is 673 g/mol. The molecule has 0 spiro atoms. The zero-order valence-electron chi connectivity index (χ0n) is 26.3. The first-order valence-corrected chi connectivity index (χ1v) is 16.7. The molecule has 6 rings (SSSR count). The Labute approximate surface area is 291 Å². The van der Waals surface area contributed by atoms with Crippen LogP contribution >= 0.6 is 35.1 Å². The molecule has 3 aromatic carbocycles. The lowest BCUT2D eigenvalue weighted by molar-refractivity contribution is 0.0690. The van der Waals surface area contributed by atoms with Gasteiger partial charge >= 0.3 is 5.97 Å². The number of fused-ring (bicyclic) bond motifs is 2. The second kappa shape index (κ2) is 15.6. The summed E-state index contributed by atoms with van der Waals surface area (Å²) in [6.45, 7) is 1.84. The predicted octanol–water partition coefficient (Wildman–Crippen LogP) is 6.75. The van der Waals surface area contributed by atoms with Gasteiger partial charge in [-0.3, -0.25) is 15.0 Å². The lowest BCUT2D eigenvalue weighted by Crippen LogP contribution is -2.32. The van der Waals surface area contributed by atoms with Gasteiger partial charge in [0, 0.05) is 29.1 Å².